The number of Topliss-reactive ketones (excluding diaryl/α,β-unsaturated/α-hetero) is 1. The van der Waals surface area contributed by atoms with Crippen LogP contribution >= 0.6 is 0 Å². The number of nitrogens with one attached hydrogen (secondary N) is 2. The minimum absolute atomic E-state index is 0.00472. The van der Waals surface area contributed by atoms with Gasteiger partial charge in [-0.15, -0.1) is 0 Å². The molecular formula is C19H24N4O4S. The number of fused-ring (bicyclic) bond motifs is 1. The van der Waals surface area contributed by atoms with E-state index in [0.29, 0.717) is 5.56 Å². The Labute approximate surface area is 164 Å². The van der Waals surface area contributed by atoms with Crippen molar-refractivity contribution >= 4 is 21.7 Å². The third-order valence-corrected chi connectivity index (χ3v) is 6.40. The Morgan fingerprint density at radius 3 is 2.64 bits per heavy atom. The van der Waals surface area contributed by atoms with Gasteiger partial charge in [-0.05, 0) is 38.3 Å². The van der Waals surface area contributed by atoms with Crippen LogP contribution in [0.15, 0.2) is 35.4 Å². The van der Waals surface area contributed by atoms with E-state index in [1.54, 1.807) is 6.20 Å². The van der Waals surface area contributed by atoms with Gasteiger partial charge in [0, 0.05) is 36.8 Å². The first-order valence-electron chi connectivity index (χ1n) is 9.19. The van der Waals surface area contributed by atoms with Crippen LogP contribution < -0.4 is 10.0 Å². The molecule has 8 nitrogen and oxygen atoms in total. The summed E-state index contributed by atoms with van der Waals surface area (Å²) in [5, 5.41) is 7.22. The Balaban J connectivity index is 1.53. The molecule has 1 unspecified atom stereocenters. The van der Waals surface area contributed by atoms with Crippen LogP contribution in [0.5, 0.6) is 0 Å². The molecule has 9 heteroatoms. The molecule has 2 N–H and O–H groups in total. The average molecular weight is 404 g/mol. The van der Waals surface area contributed by atoms with Gasteiger partial charge >= 0.3 is 0 Å². The Bertz CT molecular complexity index is 980. The molecule has 1 aromatic carbocycles. The first kappa shape index (κ1) is 20.2. The maximum absolute atomic E-state index is 12.3. The molecule has 0 saturated carbocycles. The van der Waals surface area contributed by atoms with Crippen molar-refractivity contribution in [2.45, 2.75) is 43.5 Å². The molecular weight excluding hydrogens is 380 g/mol. The van der Waals surface area contributed by atoms with Crippen LogP contribution in [-0.2, 0) is 28.3 Å². The molecule has 3 rings (SSSR count). The van der Waals surface area contributed by atoms with Crippen molar-refractivity contribution in [2.75, 3.05) is 6.54 Å². The molecule has 1 aromatic heterocycles. The summed E-state index contributed by atoms with van der Waals surface area (Å²) in [7, 11) is -1.84. The Kier molecular flexibility index (Phi) is 5.95. The molecule has 0 spiro atoms. The van der Waals surface area contributed by atoms with Crippen molar-refractivity contribution in [3.8, 4) is 0 Å². The van der Waals surface area contributed by atoms with E-state index in [9.17, 15) is 18.0 Å². The maximum Gasteiger partial charge on any atom is 0.240 e. The first-order valence-corrected chi connectivity index (χ1v) is 10.7. The van der Waals surface area contributed by atoms with Crippen molar-refractivity contribution in [1.29, 1.82) is 0 Å². The number of carbonyl (C=O) groups is 2. The van der Waals surface area contributed by atoms with E-state index in [0.717, 1.165) is 30.5 Å². The van der Waals surface area contributed by atoms with Crippen LogP contribution in [0.1, 0.15) is 53.8 Å². The third-order valence-electron chi connectivity index (χ3n) is 4.93. The lowest BCUT2D eigenvalue weighted by Gasteiger charge is -2.23. The van der Waals surface area contributed by atoms with Gasteiger partial charge in [-0.2, -0.15) is 5.10 Å². The molecule has 1 aliphatic rings. The zero-order chi connectivity index (χ0) is 20.3. The van der Waals surface area contributed by atoms with Crippen molar-refractivity contribution in [3.05, 3.63) is 47.3 Å². The van der Waals surface area contributed by atoms with Crippen molar-refractivity contribution < 1.29 is 18.0 Å². The van der Waals surface area contributed by atoms with E-state index >= 15 is 0 Å². The minimum atomic E-state index is -3.73. The summed E-state index contributed by atoms with van der Waals surface area (Å²) in [6.07, 6.45) is 4.59. The third kappa shape index (κ3) is 4.48. The fraction of sp³-hybridized carbons (Fsp3) is 0.421. The van der Waals surface area contributed by atoms with Crippen LogP contribution in [0.25, 0.3) is 0 Å². The van der Waals surface area contributed by atoms with Crippen LogP contribution in [0.3, 0.4) is 0 Å². The molecule has 1 aliphatic carbocycles. The van der Waals surface area contributed by atoms with Crippen molar-refractivity contribution in [2.24, 2.45) is 7.05 Å². The molecule has 0 radical (unpaired) electrons. The summed E-state index contributed by atoms with van der Waals surface area (Å²) in [5.74, 6) is -0.343. The van der Waals surface area contributed by atoms with Crippen LogP contribution in [0.2, 0.25) is 0 Å². The molecule has 0 fully saturated rings. The SMILES string of the molecule is CC(=O)c1ccc(S(=O)(=O)NCCC(=O)NC2CCCc3c2cnn3C)cc1. The second kappa shape index (κ2) is 8.24. The van der Waals surface area contributed by atoms with Gasteiger partial charge in [-0.3, -0.25) is 14.3 Å². The molecule has 2 aromatic rings. The lowest BCUT2D eigenvalue weighted by molar-refractivity contribution is -0.121. The van der Waals surface area contributed by atoms with Gasteiger partial charge in [-0.25, -0.2) is 13.1 Å². The number of rotatable bonds is 7. The zero-order valence-electron chi connectivity index (χ0n) is 15.9. The normalized spacial score (nSPS) is 16.4. The van der Waals surface area contributed by atoms with E-state index in [1.165, 1.54) is 31.2 Å². The molecule has 1 amide bonds. The maximum atomic E-state index is 12.3. The summed E-state index contributed by atoms with van der Waals surface area (Å²) in [4.78, 5) is 23.6. The number of carbonyl (C=O) groups excluding carboxylic acids is 2. The van der Waals surface area contributed by atoms with Gasteiger partial charge in [-0.1, -0.05) is 12.1 Å². The number of nitrogens with zero attached hydrogens (tertiary/aromatic N) is 2. The van der Waals surface area contributed by atoms with E-state index < -0.39 is 10.0 Å². The number of aryl methyl sites for hydroxylation is 1. The minimum Gasteiger partial charge on any atom is -0.349 e. The smallest absolute Gasteiger partial charge is 0.240 e. The predicted molar refractivity (Wildman–Crippen MR) is 103 cm³/mol. The Morgan fingerprint density at radius 2 is 1.96 bits per heavy atom. The highest BCUT2D eigenvalue weighted by molar-refractivity contribution is 7.89. The van der Waals surface area contributed by atoms with Gasteiger partial charge in [0.15, 0.2) is 5.78 Å². The fourth-order valence-electron chi connectivity index (χ4n) is 3.37. The van der Waals surface area contributed by atoms with E-state index in [4.69, 9.17) is 0 Å². The molecule has 1 atom stereocenters. The van der Waals surface area contributed by atoms with Crippen LogP contribution in [0.4, 0.5) is 0 Å². The van der Waals surface area contributed by atoms with Gasteiger partial charge in [0.1, 0.15) is 0 Å². The predicted octanol–water partition coefficient (Wildman–Crippen LogP) is 1.48. The van der Waals surface area contributed by atoms with E-state index in [-0.39, 0.29) is 35.6 Å². The van der Waals surface area contributed by atoms with Gasteiger partial charge < -0.3 is 5.32 Å². The number of ketones is 1. The quantitative estimate of drug-likeness (QED) is 0.680. The summed E-state index contributed by atoms with van der Waals surface area (Å²) < 4.78 is 28.9. The second-order valence-electron chi connectivity index (χ2n) is 6.91. The summed E-state index contributed by atoms with van der Waals surface area (Å²) in [6, 6.07) is 5.62. The standard InChI is InChI=1S/C19H24N4O4S/c1-13(24)14-6-8-15(9-7-14)28(26,27)21-11-10-19(25)22-17-4-3-5-18-16(17)12-20-23(18)2/h6-9,12,17,21H,3-5,10-11H2,1-2H3,(H,22,25). The highest BCUT2D eigenvalue weighted by Gasteiger charge is 2.24. The number of amides is 1. The molecule has 1 heterocycles. The van der Waals surface area contributed by atoms with Crippen LogP contribution in [0, 0.1) is 0 Å². The summed E-state index contributed by atoms with van der Waals surface area (Å²) >= 11 is 0. The second-order valence-corrected chi connectivity index (χ2v) is 8.68. The largest absolute Gasteiger partial charge is 0.349 e. The lowest BCUT2D eigenvalue weighted by atomic mass is 9.93. The zero-order valence-corrected chi connectivity index (χ0v) is 16.8. The number of aromatic nitrogens is 2. The number of hydrogen-bond donors (Lipinski definition) is 2. The van der Waals surface area contributed by atoms with Crippen molar-refractivity contribution in [3.63, 3.8) is 0 Å². The van der Waals surface area contributed by atoms with Crippen LogP contribution in [-0.4, -0.2) is 36.4 Å². The topological polar surface area (TPSA) is 110 Å². The Hall–Kier alpha value is -2.52. The first-order chi connectivity index (χ1) is 13.3. The average Bonchev–Trinajstić information content (AvgIpc) is 3.04. The van der Waals surface area contributed by atoms with Gasteiger partial charge in [0.05, 0.1) is 17.1 Å². The summed E-state index contributed by atoms with van der Waals surface area (Å²) in [5.41, 5.74) is 2.61. The number of hydrogen-bond acceptors (Lipinski definition) is 5. The monoisotopic (exact) mass is 404 g/mol. The Morgan fingerprint density at radius 1 is 1.25 bits per heavy atom. The molecule has 0 aliphatic heterocycles. The molecule has 150 valence electrons. The van der Waals surface area contributed by atoms with Gasteiger partial charge in [0.2, 0.25) is 15.9 Å². The molecule has 28 heavy (non-hydrogen) atoms. The van der Waals surface area contributed by atoms with Gasteiger partial charge in [0.25, 0.3) is 0 Å². The number of benzene rings is 1. The number of sulfonamides is 1. The fourth-order valence-corrected chi connectivity index (χ4v) is 4.41. The highest BCUT2D eigenvalue weighted by atomic mass is 32.2. The molecule has 0 bridgehead atoms. The summed E-state index contributed by atoms with van der Waals surface area (Å²) in [6.45, 7) is 1.41. The highest BCUT2D eigenvalue weighted by Crippen LogP contribution is 2.29. The van der Waals surface area contributed by atoms with E-state index in [1.807, 2.05) is 11.7 Å². The van der Waals surface area contributed by atoms with Crippen molar-refractivity contribution in [1.82, 2.24) is 19.8 Å². The lowest BCUT2D eigenvalue weighted by Crippen LogP contribution is -2.34. The van der Waals surface area contributed by atoms with E-state index in [2.05, 4.69) is 15.1 Å². The molecule has 0 saturated heterocycles.